The number of amides is 1. The lowest BCUT2D eigenvalue weighted by atomic mass is 10.0. The predicted octanol–water partition coefficient (Wildman–Crippen LogP) is 15.3. The Hall–Kier alpha value is -1.54. The van der Waals surface area contributed by atoms with Gasteiger partial charge in [-0.3, -0.25) is 9.36 Å². The second kappa shape index (κ2) is 46.6. The molecule has 0 saturated carbocycles. The first-order valence-electron chi connectivity index (χ1n) is 27.0. The summed E-state index contributed by atoms with van der Waals surface area (Å²) in [5.41, 5.74) is 0. The molecule has 0 aromatic heterocycles. The molecule has 3 unspecified atom stereocenters. The molecular weight excluding hydrogens is 816 g/mol. The Balaban J connectivity index is 4.20. The number of aliphatic hydroxyl groups excluding tert-OH is 1. The normalized spacial score (nSPS) is 14.4. The van der Waals surface area contributed by atoms with E-state index in [4.69, 9.17) is 9.05 Å². The van der Waals surface area contributed by atoms with Crippen molar-refractivity contribution in [3.63, 3.8) is 0 Å². The zero-order chi connectivity index (χ0) is 47.1. The minimum Gasteiger partial charge on any atom is -0.756 e. The van der Waals surface area contributed by atoms with Crippen molar-refractivity contribution in [2.75, 3.05) is 40.9 Å². The zero-order valence-corrected chi connectivity index (χ0v) is 43.6. The van der Waals surface area contributed by atoms with Gasteiger partial charge in [-0.25, -0.2) is 0 Å². The molecule has 0 fully saturated rings. The van der Waals surface area contributed by atoms with Crippen molar-refractivity contribution >= 4 is 13.7 Å². The Morgan fingerprint density at radius 1 is 0.547 bits per heavy atom. The number of phosphoric acid groups is 1. The number of hydrogen-bond acceptors (Lipinski definition) is 6. The van der Waals surface area contributed by atoms with E-state index in [1.807, 2.05) is 27.2 Å². The maximum atomic E-state index is 12.9. The van der Waals surface area contributed by atoms with Gasteiger partial charge in [-0.15, -0.1) is 0 Å². The van der Waals surface area contributed by atoms with Gasteiger partial charge in [-0.2, -0.15) is 0 Å². The Morgan fingerprint density at radius 3 is 1.31 bits per heavy atom. The summed E-state index contributed by atoms with van der Waals surface area (Å²) in [7, 11) is 1.26. The first-order valence-corrected chi connectivity index (χ1v) is 28.5. The summed E-state index contributed by atoms with van der Waals surface area (Å²) in [6, 6.07) is -0.888. The second-order valence-corrected chi connectivity index (χ2v) is 21.0. The first kappa shape index (κ1) is 62.5. The number of quaternary nitrogens is 1. The van der Waals surface area contributed by atoms with Crippen LogP contribution in [-0.4, -0.2) is 68.5 Å². The number of rotatable bonds is 49. The van der Waals surface area contributed by atoms with E-state index in [0.717, 1.165) is 51.4 Å². The average molecular weight is 921 g/mol. The molecule has 0 saturated heterocycles. The maximum Gasteiger partial charge on any atom is 0.268 e. The monoisotopic (exact) mass is 921 g/mol. The van der Waals surface area contributed by atoms with E-state index < -0.39 is 20.0 Å². The van der Waals surface area contributed by atoms with Crippen LogP contribution in [0, 0.1) is 0 Å². The number of carbonyl (C=O) groups excluding carboxylic acids is 1. The van der Waals surface area contributed by atoms with Crippen molar-refractivity contribution < 1.29 is 32.9 Å². The number of likely N-dealkylation sites (N-methyl/N-ethyl adjacent to an activating group) is 1. The lowest BCUT2D eigenvalue weighted by molar-refractivity contribution is -0.870. The largest absolute Gasteiger partial charge is 0.756 e. The van der Waals surface area contributed by atoms with E-state index in [9.17, 15) is 19.4 Å². The van der Waals surface area contributed by atoms with Gasteiger partial charge >= 0.3 is 0 Å². The number of phosphoric ester groups is 1. The SMILES string of the molecule is CCCCCCC/C=C\C/C=C\C/C=C\CCCCCCCCCCCCCCC(=O)NC(COP(=O)([O-])OCC[N+](C)(C)C)C(O)/C=C/CCCCCCCCCCCCCCC. The molecule has 1 amide bonds. The van der Waals surface area contributed by atoms with Crippen molar-refractivity contribution in [2.24, 2.45) is 0 Å². The zero-order valence-electron chi connectivity index (χ0n) is 42.7. The van der Waals surface area contributed by atoms with Gasteiger partial charge in [0.25, 0.3) is 7.82 Å². The summed E-state index contributed by atoms with van der Waals surface area (Å²) in [6.45, 7) is 4.65. The van der Waals surface area contributed by atoms with E-state index in [2.05, 4.69) is 55.6 Å². The highest BCUT2D eigenvalue weighted by atomic mass is 31.2. The molecule has 376 valence electrons. The van der Waals surface area contributed by atoms with Crippen LogP contribution in [0.4, 0.5) is 0 Å². The van der Waals surface area contributed by atoms with E-state index >= 15 is 0 Å². The average Bonchev–Trinajstić information content (AvgIpc) is 3.25. The highest BCUT2D eigenvalue weighted by Gasteiger charge is 2.23. The third kappa shape index (κ3) is 48.4. The van der Waals surface area contributed by atoms with Crippen LogP contribution in [-0.2, 0) is 18.4 Å². The topological polar surface area (TPSA) is 108 Å². The summed E-state index contributed by atoms with van der Waals surface area (Å²) < 4.78 is 23.3. The molecule has 9 heteroatoms. The van der Waals surface area contributed by atoms with Crippen LogP contribution in [0.25, 0.3) is 0 Å². The Bertz CT molecular complexity index is 1180. The Labute approximate surface area is 397 Å². The molecule has 2 N–H and O–H groups in total. The van der Waals surface area contributed by atoms with E-state index in [1.165, 1.54) is 173 Å². The Morgan fingerprint density at radius 2 is 0.906 bits per heavy atom. The number of aliphatic hydroxyl groups is 1. The van der Waals surface area contributed by atoms with Gasteiger partial charge in [0.15, 0.2) is 0 Å². The number of carbonyl (C=O) groups is 1. The molecule has 0 aliphatic rings. The van der Waals surface area contributed by atoms with E-state index in [-0.39, 0.29) is 19.1 Å². The molecule has 0 aromatic carbocycles. The molecule has 0 aromatic rings. The number of unbranched alkanes of at least 4 members (excludes halogenated alkanes) is 30. The number of nitrogens with one attached hydrogen (secondary N) is 1. The van der Waals surface area contributed by atoms with Crippen molar-refractivity contribution in [1.29, 1.82) is 0 Å². The summed E-state index contributed by atoms with van der Waals surface area (Å²) in [4.78, 5) is 25.4. The van der Waals surface area contributed by atoms with Crippen LogP contribution in [0.5, 0.6) is 0 Å². The van der Waals surface area contributed by atoms with Gasteiger partial charge in [0.2, 0.25) is 5.91 Å². The molecule has 0 rings (SSSR count). The minimum absolute atomic E-state index is 0.00189. The van der Waals surface area contributed by atoms with Gasteiger partial charge in [0.05, 0.1) is 39.9 Å². The molecule has 0 heterocycles. The number of allylic oxidation sites excluding steroid dienone is 7. The van der Waals surface area contributed by atoms with Crippen molar-refractivity contribution in [3.8, 4) is 0 Å². The molecular formula is C55H105N2O6P. The summed E-state index contributed by atoms with van der Waals surface area (Å²) >= 11 is 0. The third-order valence-electron chi connectivity index (χ3n) is 12.0. The van der Waals surface area contributed by atoms with Gasteiger partial charge < -0.3 is 28.8 Å². The van der Waals surface area contributed by atoms with Crippen LogP contribution >= 0.6 is 7.82 Å². The van der Waals surface area contributed by atoms with Crippen LogP contribution in [0.1, 0.15) is 245 Å². The lowest BCUT2D eigenvalue weighted by Gasteiger charge is -2.29. The van der Waals surface area contributed by atoms with Gasteiger partial charge in [0, 0.05) is 6.42 Å². The third-order valence-corrected chi connectivity index (χ3v) is 13.0. The smallest absolute Gasteiger partial charge is 0.268 e. The predicted molar refractivity (Wildman–Crippen MR) is 274 cm³/mol. The van der Waals surface area contributed by atoms with Crippen molar-refractivity contribution in [3.05, 3.63) is 48.6 Å². The van der Waals surface area contributed by atoms with Crippen LogP contribution in [0.3, 0.4) is 0 Å². The molecule has 0 aliphatic heterocycles. The molecule has 64 heavy (non-hydrogen) atoms. The standard InChI is InChI=1S/C55H105N2O6P/c1-6-8-10-12-14-16-18-20-22-23-24-25-26-27-28-29-30-31-32-33-35-37-39-41-43-45-47-49-55(59)56-53(52-63-64(60,61)62-51-50-57(3,4)5)54(58)48-46-44-42-40-38-36-34-21-19-17-15-13-11-9-7-2/h18,20,23-24,26-27,46,48,53-54,58H,6-17,19,21-22,25,28-45,47,49-52H2,1-5H3,(H-,56,59,60,61)/b20-18-,24-23-,27-26-,48-46+. The van der Waals surface area contributed by atoms with Gasteiger partial charge in [-0.1, -0.05) is 229 Å². The fraction of sp³-hybridized carbons (Fsp3) is 0.836. The quantitative estimate of drug-likeness (QED) is 0.0272. The number of hydrogen-bond donors (Lipinski definition) is 2. The van der Waals surface area contributed by atoms with Crippen molar-refractivity contribution in [2.45, 2.75) is 257 Å². The first-order chi connectivity index (χ1) is 31.0. The summed E-state index contributed by atoms with van der Waals surface area (Å²) in [6.07, 6.45) is 60.3. The second-order valence-electron chi connectivity index (χ2n) is 19.6. The highest BCUT2D eigenvalue weighted by molar-refractivity contribution is 7.45. The van der Waals surface area contributed by atoms with Gasteiger partial charge in [-0.05, 0) is 57.8 Å². The Kier molecular flexibility index (Phi) is 45.4. The fourth-order valence-electron chi connectivity index (χ4n) is 7.75. The van der Waals surface area contributed by atoms with Crippen molar-refractivity contribution in [1.82, 2.24) is 5.32 Å². The molecule has 0 bridgehead atoms. The van der Waals surface area contributed by atoms with Crippen LogP contribution in [0.15, 0.2) is 48.6 Å². The van der Waals surface area contributed by atoms with E-state index in [0.29, 0.717) is 17.4 Å². The lowest BCUT2D eigenvalue weighted by Crippen LogP contribution is -2.45. The summed E-state index contributed by atoms with van der Waals surface area (Å²) in [5, 5.41) is 13.8. The minimum atomic E-state index is -4.59. The fourth-order valence-corrected chi connectivity index (χ4v) is 8.47. The van der Waals surface area contributed by atoms with Crippen LogP contribution < -0.4 is 10.2 Å². The molecule has 0 spiro atoms. The maximum absolute atomic E-state index is 12.9. The van der Waals surface area contributed by atoms with E-state index in [1.54, 1.807) is 6.08 Å². The van der Waals surface area contributed by atoms with Crippen LogP contribution in [0.2, 0.25) is 0 Å². The van der Waals surface area contributed by atoms with Gasteiger partial charge in [0.1, 0.15) is 13.2 Å². The molecule has 3 atom stereocenters. The highest BCUT2D eigenvalue weighted by Crippen LogP contribution is 2.38. The summed E-state index contributed by atoms with van der Waals surface area (Å²) in [5.74, 6) is -0.199. The molecule has 0 radical (unpaired) electrons. The number of nitrogens with zero attached hydrogens (tertiary/aromatic N) is 1. The molecule has 8 nitrogen and oxygen atoms in total. The molecule has 0 aliphatic carbocycles.